The van der Waals surface area contributed by atoms with Gasteiger partial charge in [-0.05, 0) is 79.9 Å². The number of nitrogens with one attached hydrogen (secondary N) is 1. The number of carbonyl (C=O) groups excluding carboxylic acids is 1. The topological polar surface area (TPSA) is 73.3 Å². The highest BCUT2D eigenvalue weighted by atomic mass is 32.2. The summed E-state index contributed by atoms with van der Waals surface area (Å²) in [5.74, 6) is 2.81. The molecule has 1 aromatic heterocycles. The highest BCUT2D eigenvalue weighted by molar-refractivity contribution is 8.00. The number of aromatic nitrogens is 2. The summed E-state index contributed by atoms with van der Waals surface area (Å²) < 4.78 is 11.7. The van der Waals surface area contributed by atoms with E-state index in [1.165, 1.54) is 11.8 Å². The molecule has 5 rings (SSSR count). The molecule has 1 aliphatic rings. The van der Waals surface area contributed by atoms with Gasteiger partial charge in [-0.15, -0.1) is 0 Å². The molecule has 0 fully saturated rings. The number of hydrogen-bond donors (Lipinski definition) is 1. The molecule has 0 saturated carbocycles. The lowest BCUT2D eigenvalue weighted by atomic mass is 10.0. The largest absolute Gasteiger partial charge is 0.494 e. The maximum absolute atomic E-state index is 12.8. The number of carbonyl (C=O) groups is 1. The van der Waals surface area contributed by atoms with Crippen molar-refractivity contribution in [2.45, 2.75) is 32.2 Å². The number of rotatable bonds is 7. The van der Waals surface area contributed by atoms with E-state index in [4.69, 9.17) is 19.4 Å². The van der Waals surface area contributed by atoms with E-state index in [9.17, 15) is 4.79 Å². The summed E-state index contributed by atoms with van der Waals surface area (Å²) in [6.45, 7) is 6.60. The summed E-state index contributed by atoms with van der Waals surface area (Å²) in [7, 11) is 0. The lowest BCUT2D eigenvalue weighted by molar-refractivity contribution is -0.113. The van der Waals surface area contributed by atoms with Crippen LogP contribution in [0.3, 0.4) is 0 Å². The van der Waals surface area contributed by atoms with Crippen molar-refractivity contribution in [1.29, 1.82) is 0 Å². The number of amides is 1. The van der Waals surface area contributed by atoms with Crippen LogP contribution < -0.4 is 14.8 Å². The van der Waals surface area contributed by atoms with Crippen LogP contribution in [0.25, 0.3) is 11.4 Å². The molecule has 3 aromatic carbocycles. The summed E-state index contributed by atoms with van der Waals surface area (Å²) in [5.41, 5.74) is 5.84. The number of ether oxygens (including phenoxy) is 2. The van der Waals surface area contributed by atoms with E-state index in [-0.39, 0.29) is 11.7 Å². The summed E-state index contributed by atoms with van der Waals surface area (Å²) >= 11 is 1.40. The van der Waals surface area contributed by atoms with Crippen molar-refractivity contribution in [2.75, 3.05) is 17.7 Å². The number of hydrogen-bond acceptors (Lipinski definition) is 6. The van der Waals surface area contributed by atoms with Crippen molar-refractivity contribution in [2.24, 2.45) is 0 Å². The molecule has 0 atom stereocenters. The van der Waals surface area contributed by atoms with Crippen molar-refractivity contribution in [3.63, 3.8) is 0 Å². The second kappa shape index (κ2) is 10.4. The van der Waals surface area contributed by atoms with Crippen molar-refractivity contribution in [3.05, 3.63) is 89.0 Å². The molecule has 0 unspecified atom stereocenters. The summed E-state index contributed by atoms with van der Waals surface area (Å²) in [4.78, 5) is 22.4. The van der Waals surface area contributed by atoms with Crippen molar-refractivity contribution >= 4 is 23.4 Å². The SMILES string of the molecule is CCOc1ccc(-c2nc3c(c(SCC(=O)Nc4cc(C)cc(C)c4)n2)Cc2ccccc2O3)cc1. The summed E-state index contributed by atoms with van der Waals surface area (Å²) in [6.07, 6.45) is 0.649. The molecule has 1 amide bonds. The van der Waals surface area contributed by atoms with Gasteiger partial charge in [0, 0.05) is 17.7 Å². The van der Waals surface area contributed by atoms with E-state index < -0.39 is 0 Å². The number of anilines is 1. The van der Waals surface area contributed by atoms with Crippen LogP contribution in [0, 0.1) is 13.8 Å². The van der Waals surface area contributed by atoms with E-state index in [1.54, 1.807) is 0 Å². The molecule has 6 nitrogen and oxygen atoms in total. The Balaban J connectivity index is 1.42. The number of benzene rings is 3. The monoisotopic (exact) mass is 497 g/mol. The molecule has 4 aromatic rings. The molecule has 0 bridgehead atoms. The highest BCUT2D eigenvalue weighted by Gasteiger charge is 2.24. The summed E-state index contributed by atoms with van der Waals surface area (Å²) in [5, 5.41) is 3.75. The van der Waals surface area contributed by atoms with Crippen molar-refractivity contribution < 1.29 is 14.3 Å². The lowest BCUT2D eigenvalue weighted by Crippen LogP contribution is -2.15. The Labute approximate surface area is 215 Å². The zero-order valence-corrected chi connectivity index (χ0v) is 21.3. The van der Waals surface area contributed by atoms with Gasteiger partial charge in [-0.1, -0.05) is 36.0 Å². The smallest absolute Gasteiger partial charge is 0.234 e. The van der Waals surface area contributed by atoms with Crippen LogP contribution in [0.4, 0.5) is 5.69 Å². The fourth-order valence-corrected chi connectivity index (χ4v) is 5.04. The van der Waals surface area contributed by atoms with Crippen LogP contribution in [0.15, 0.2) is 71.8 Å². The number of thioether (sulfide) groups is 1. The van der Waals surface area contributed by atoms with Crippen LogP contribution in [0.1, 0.15) is 29.2 Å². The van der Waals surface area contributed by atoms with Crippen LogP contribution in [-0.4, -0.2) is 28.2 Å². The molecule has 2 heterocycles. The highest BCUT2D eigenvalue weighted by Crippen LogP contribution is 2.40. The second-order valence-electron chi connectivity index (χ2n) is 8.69. The Hall–Kier alpha value is -3.84. The van der Waals surface area contributed by atoms with Gasteiger partial charge in [-0.25, -0.2) is 4.98 Å². The number of nitrogens with zero attached hydrogens (tertiary/aromatic N) is 2. The van der Waals surface area contributed by atoms with Crippen LogP contribution in [0.2, 0.25) is 0 Å². The Morgan fingerprint density at radius 3 is 2.53 bits per heavy atom. The molecule has 1 aliphatic heterocycles. The predicted molar refractivity (Wildman–Crippen MR) is 143 cm³/mol. The molecule has 0 radical (unpaired) electrons. The Kier molecular flexibility index (Phi) is 6.91. The lowest BCUT2D eigenvalue weighted by Gasteiger charge is -2.21. The fourth-order valence-electron chi connectivity index (χ4n) is 4.22. The molecule has 182 valence electrons. The van der Waals surface area contributed by atoms with Gasteiger partial charge in [0.25, 0.3) is 0 Å². The van der Waals surface area contributed by atoms with E-state index in [2.05, 4.69) is 11.4 Å². The standard InChI is InChI=1S/C29H27N3O3S/c1-4-34-23-11-9-20(10-12-23)27-31-28-24(16-21-7-5-6-8-25(21)35-28)29(32-27)36-17-26(33)30-22-14-18(2)13-19(3)15-22/h5-15H,4,16-17H2,1-3H3,(H,30,33). The second-order valence-corrected chi connectivity index (χ2v) is 9.66. The third-order valence-electron chi connectivity index (χ3n) is 5.75. The van der Waals surface area contributed by atoms with Gasteiger partial charge in [0.05, 0.1) is 17.9 Å². The average Bonchev–Trinajstić information content (AvgIpc) is 2.86. The zero-order chi connectivity index (χ0) is 25.1. The third kappa shape index (κ3) is 5.36. The predicted octanol–water partition coefficient (Wildman–Crippen LogP) is 6.59. The Morgan fingerprint density at radius 1 is 1.03 bits per heavy atom. The van der Waals surface area contributed by atoms with E-state index >= 15 is 0 Å². The number of fused-ring (bicyclic) bond motifs is 2. The summed E-state index contributed by atoms with van der Waals surface area (Å²) in [6, 6.07) is 21.6. The molecular formula is C29H27N3O3S. The van der Waals surface area contributed by atoms with E-state index in [0.717, 1.165) is 50.0 Å². The molecule has 0 spiro atoms. The van der Waals surface area contributed by atoms with Crippen LogP contribution in [0.5, 0.6) is 17.4 Å². The molecule has 7 heteroatoms. The molecular weight excluding hydrogens is 470 g/mol. The van der Waals surface area contributed by atoms with Crippen LogP contribution >= 0.6 is 11.8 Å². The van der Waals surface area contributed by atoms with Gasteiger partial charge in [0.1, 0.15) is 16.5 Å². The minimum absolute atomic E-state index is 0.0860. The first-order valence-corrected chi connectivity index (χ1v) is 12.9. The zero-order valence-electron chi connectivity index (χ0n) is 20.5. The molecule has 36 heavy (non-hydrogen) atoms. The Bertz CT molecular complexity index is 1400. The fraction of sp³-hybridized carbons (Fsp3) is 0.207. The van der Waals surface area contributed by atoms with Gasteiger partial charge in [-0.2, -0.15) is 4.98 Å². The minimum atomic E-state index is -0.0860. The van der Waals surface area contributed by atoms with Gasteiger partial charge < -0.3 is 14.8 Å². The molecule has 0 saturated heterocycles. The van der Waals surface area contributed by atoms with Gasteiger partial charge in [0.15, 0.2) is 5.82 Å². The normalized spacial score (nSPS) is 11.8. The minimum Gasteiger partial charge on any atom is -0.494 e. The quantitative estimate of drug-likeness (QED) is 0.202. The number of para-hydroxylation sites is 1. The van der Waals surface area contributed by atoms with Crippen molar-refractivity contribution in [3.8, 4) is 28.8 Å². The average molecular weight is 498 g/mol. The maximum atomic E-state index is 12.8. The first kappa shape index (κ1) is 23.9. The van der Waals surface area contributed by atoms with Gasteiger partial charge in [-0.3, -0.25) is 4.79 Å². The third-order valence-corrected chi connectivity index (χ3v) is 6.76. The Morgan fingerprint density at radius 2 is 1.78 bits per heavy atom. The molecule has 0 aliphatic carbocycles. The van der Waals surface area contributed by atoms with Crippen molar-refractivity contribution in [1.82, 2.24) is 9.97 Å². The van der Waals surface area contributed by atoms with Crippen LogP contribution in [-0.2, 0) is 11.2 Å². The van der Waals surface area contributed by atoms with Gasteiger partial charge in [0.2, 0.25) is 11.8 Å². The molecule has 1 N–H and O–H groups in total. The first-order valence-electron chi connectivity index (χ1n) is 11.9. The number of aryl methyl sites for hydroxylation is 2. The van der Waals surface area contributed by atoms with E-state index in [0.29, 0.717) is 24.7 Å². The van der Waals surface area contributed by atoms with Gasteiger partial charge >= 0.3 is 0 Å². The first-order chi connectivity index (χ1) is 17.5. The van der Waals surface area contributed by atoms with E-state index in [1.807, 2.05) is 81.4 Å². The maximum Gasteiger partial charge on any atom is 0.234 e.